The highest BCUT2D eigenvalue weighted by Gasteiger charge is 2.15. The molecular weight excluding hydrogens is 363 g/mol. The summed E-state index contributed by atoms with van der Waals surface area (Å²) in [5, 5.41) is 3.84. The molecular formula is C14H11BrCl2N2O. The third kappa shape index (κ3) is 3.51. The van der Waals surface area contributed by atoms with Gasteiger partial charge in [-0.25, -0.2) is 4.98 Å². The van der Waals surface area contributed by atoms with Crippen LogP contribution in [-0.4, -0.2) is 10.9 Å². The second kappa shape index (κ2) is 6.57. The van der Waals surface area contributed by atoms with Gasteiger partial charge >= 0.3 is 0 Å². The fourth-order valence-electron chi connectivity index (χ4n) is 1.69. The van der Waals surface area contributed by atoms with E-state index in [1.54, 1.807) is 30.5 Å². The van der Waals surface area contributed by atoms with Crippen LogP contribution in [0.15, 0.2) is 41.1 Å². The summed E-state index contributed by atoms with van der Waals surface area (Å²) in [5.74, 6) is -0.205. The largest absolute Gasteiger partial charge is 0.345 e. The van der Waals surface area contributed by atoms with Crippen LogP contribution in [0.2, 0.25) is 10.0 Å². The Hall–Kier alpha value is -1.10. The molecule has 104 valence electrons. The molecule has 0 bridgehead atoms. The molecule has 2 aromatic rings. The summed E-state index contributed by atoms with van der Waals surface area (Å²) in [5.41, 5.74) is 1.37. The van der Waals surface area contributed by atoms with Crippen LogP contribution in [0.4, 0.5) is 0 Å². The van der Waals surface area contributed by atoms with Crippen molar-refractivity contribution in [1.29, 1.82) is 0 Å². The minimum Gasteiger partial charge on any atom is -0.345 e. The third-order valence-corrected chi connectivity index (χ3v) is 4.17. The van der Waals surface area contributed by atoms with Gasteiger partial charge in [-0.15, -0.1) is 0 Å². The smallest absolute Gasteiger partial charge is 0.254 e. The van der Waals surface area contributed by atoms with Crippen molar-refractivity contribution in [2.75, 3.05) is 0 Å². The number of aromatic nitrogens is 1. The third-order valence-electron chi connectivity index (χ3n) is 2.79. The molecule has 3 nitrogen and oxygen atoms in total. The summed E-state index contributed by atoms with van der Waals surface area (Å²) in [6.07, 6.45) is 1.61. The van der Waals surface area contributed by atoms with Crippen LogP contribution in [0.3, 0.4) is 0 Å². The van der Waals surface area contributed by atoms with Gasteiger partial charge in [0, 0.05) is 6.20 Å². The van der Waals surface area contributed by atoms with Gasteiger partial charge < -0.3 is 5.32 Å². The van der Waals surface area contributed by atoms with E-state index in [4.69, 9.17) is 23.2 Å². The summed E-state index contributed by atoms with van der Waals surface area (Å²) in [7, 11) is 0. The SMILES string of the molecule is CC(NC(=O)c1cccnc1Br)c1ccc(Cl)c(Cl)c1. The monoisotopic (exact) mass is 372 g/mol. The summed E-state index contributed by atoms with van der Waals surface area (Å²) in [6.45, 7) is 1.88. The van der Waals surface area contributed by atoms with Crippen molar-refractivity contribution < 1.29 is 4.79 Å². The van der Waals surface area contributed by atoms with Crippen molar-refractivity contribution in [3.8, 4) is 0 Å². The maximum atomic E-state index is 12.2. The van der Waals surface area contributed by atoms with Gasteiger partial charge in [0.15, 0.2) is 0 Å². The van der Waals surface area contributed by atoms with E-state index in [0.717, 1.165) is 5.56 Å². The zero-order valence-corrected chi connectivity index (χ0v) is 13.6. The Morgan fingerprint density at radius 3 is 2.70 bits per heavy atom. The van der Waals surface area contributed by atoms with Crippen LogP contribution in [0.1, 0.15) is 28.9 Å². The number of nitrogens with zero attached hydrogens (tertiary/aromatic N) is 1. The quantitative estimate of drug-likeness (QED) is 0.796. The second-order valence-corrected chi connectivity index (χ2v) is 5.78. The van der Waals surface area contributed by atoms with Crippen LogP contribution >= 0.6 is 39.1 Å². The number of hydrogen-bond donors (Lipinski definition) is 1. The predicted molar refractivity (Wildman–Crippen MR) is 84.3 cm³/mol. The van der Waals surface area contributed by atoms with Crippen LogP contribution in [-0.2, 0) is 0 Å². The molecule has 1 amide bonds. The Bertz CT molecular complexity index is 649. The van der Waals surface area contributed by atoms with Crippen molar-refractivity contribution in [1.82, 2.24) is 10.3 Å². The van der Waals surface area contributed by atoms with Crippen LogP contribution in [0.5, 0.6) is 0 Å². The van der Waals surface area contributed by atoms with Crippen molar-refractivity contribution >= 4 is 45.0 Å². The first kappa shape index (κ1) is 15.3. The van der Waals surface area contributed by atoms with Crippen molar-refractivity contribution in [3.63, 3.8) is 0 Å². The molecule has 0 aliphatic carbocycles. The predicted octanol–water partition coefficient (Wildman–Crippen LogP) is 4.64. The number of nitrogens with one attached hydrogen (secondary N) is 1. The van der Waals surface area contributed by atoms with Gasteiger partial charge in [-0.1, -0.05) is 29.3 Å². The lowest BCUT2D eigenvalue weighted by molar-refractivity contribution is 0.0938. The Morgan fingerprint density at radius 1 is 1.30 bits per heavy atom. The summed E-state index contributed by atoms with van der Waals surface area (Å²) in [6, 6.07) is 8.51. The molecule has 1 unspecified atom stereocenters. The first-order chi connectivity index (χ1) is 9.49. The highest BCUT2D eigenvalue weighted by molar-refractivity contribution is 9.10. The lowest BCUT2D eigenvalue weighted by Gasteiger charge is -2.15. The van der Waals surface area contributed by atoms with Gasteiger partial charge in [-0.05, 0) is 52.7 Å². The van der Waals surface area contributed by atoms with E-state index in [0.29, 0.717) is 20.2 Å². The van der Waals surface area contributed by atoms with Gasteiger partial charge in [0.25, 0.3) is 5.91 Å². The number of benzene rings is 1. The molecule has 1 aromatic carbocycles. The molecule has 1 N–H and O–H groups in total. The van der Waals surface area contributed by atoms with Crippen LogP contribution in [0.25, 0.3) is 0 Å². The second-order valence-electron chi connectivity index (χ2n) is 4.21. The molecule has 0 radical (unpaired) electrons. The van der Waals surface area contributed by atoms with Gasteiger partial charge in [0.2, 0.25) is 0 Å². The number of carbonyl (C=O) groups is 1. The number of rotatable bonds is 3. The topological polar surface area (TPSA) is 42.0 Å². The molecule has 6 heteroatoms. The fraction of sp³-hybridized carbons (Fsp3) is 0.143. The molecule has 2 rings (SSSR count). The number of amides is 1. The normalized spacial score (nSPS) is 12.0. The lowest BCUT2D eigenvalue weighted by atomic mass is 10.1. The number of pyridine rings is 1. The average molecular weight is 374 g/mol. The molecule has 0 aliphatic heterocycles. The number of halogens is 3. The minimum atomic E-state index is -0.205. The Balaban J connectivity index is 2.15. The molecule has 0 spiro atoms. The zero-order valence-electron chi connectivity index (χ0n) is 10.5. The van der Waals surface area contributed by atoms with Crippen molar-refractivity contribution in [2.45, 2.75) is 13.0 Å². The molecule has 0 aliphatic rings. The highest BCUT2D eigenvalue weighted by atomic mass is 79.9. The van der Waals surface area contributed by atoms with Crippen molar-refractivity contribution in [3.05, 3.63) is 62.3 Å². The van der Waals surface area contributed by atoms with E-state index in [1.807, 2.05) is 13.0 Å². The maximum absolute atomic E-state index is 12.2. The Morgan fingerprint density at radius 2 is 2.05 bits per heavy atom. The fourth-order valence-corrected chi connectivity index (χ4v) is 2.43. The first-order valence-electron chi connectivity index (χ1n) is 5.85. The average Bonchev–Trinajstić information content (AvgIpc) is 2.42. The lowest BCUT2D eigenvalue weighted by Crippen LogP contribution is -2.27. The maximum Gasteiger partial charge on any atom is 0.254 e. The zero-order chi connectivity index (χ0) is 14.7. The van der Waals surface area contributed by atoms with E-state index < -0.39 is 0 Å². The van der Waals surface area contributed by atoms with E-state index >= 15 is 0 Å². The number of hydrogen-bond acceptors (Lipinski definition) is 2. The summed E-state index contributed by atoms with van der Waals surface area (Å²) < 4.78 is 0.513. The molecule has 20 heavy (non-hydrogen) atoms. The molecule has 1 aromatic heterocycles. The van der Waals surface area contributed by atoms with Gasteiger partial charge in [0.05, 0.1) is 21.7 Å². The van der Waals surface area contributed by atoms with E-state index in [1.165, 1.54) is 0 Å². The van der Waals surface area contributed by atoms with Gasteiger partial charge in [-0.2, -0.15) is 0 Å². The van der Waals surface area contributed by atoms with Crippen LogP contribution < -0.4 is 5.32 Å². The summed E-state index contributed by atoms with van der Waals surface area (Å²) >= 11 is 15.1. The molecule has 1 atom stereocenters. The molecule has 0 fully saturated rings. The van der Waals surface area contributed by atoms with Crippen LogP contribution in [0, 0.1) is 0 Å². The van der Waals surface area contributed by atoms with Gasteiger partial charge in [-0.3, -0.25) is 4.79 Å². The number of carbonyl (C=O) groups excluding carboxylic acids is 1. The minimum absolute atomic E-state index is 0.190. The first-order valence-corrected chi connectivity index (χ1v) is 7.40. The standard InChI is InChI=1S/C14H11BrCl2N2O/c1-8(9-4-5-11(16)12(17)7-9)19-14(20)10-3-2-6-18-13(10)15/h2-8H,1H3,(H,19,20). The Kier molecular flexibility index (Phi) is 5.02. The Labute approximate surface area is 135 Å². The van der Waals surface area contributed by atoms with E-state index in [9.17, 15) is 4.79 Å². The molecule has 0 saturated heterocycles. The van der Waals surface area contributed by atoms with E-state index in [-0.39, 0.29) is 11.9 Å². The summed E-state index contributed by atoms with van der Waals surface area (Å²) in [4.78, 5) is 16.2. The van der Waals surface area contributed by atoms with E-state index in [2.05, 4.69) is 26.2 Å². The van der Waals surface area contributed by atoms with Gasteiger partial charge in [0.1, 0.15) is 4.60 Å². The van der Waals surface area contributed by atoms with Crippen molar-refractivity contribution in [2.24, 2.45) is 0 Å². The highest BCUT2D eigenvalue weighted by Crippen LogP contribution is 2.25. The molecule has 0 saturated carbocycles. The molecule has 1 heterocycles.